The average Bonchev–Trinajstić information content (AvgIpc) is 2.61. The van der Waals surface area contributed by atoms with Crippen molar-refractivity contribution >= 4 is 11.6 Å². The molecule has 5 heteroatoms. The summed E-state index contributed by atoms with van der Waals surface area (Å²) >= 11 is 0. The van der Waals surface area contributed by atoms with Crippen LogP contribution in [0, 0.1) is 5.82 Å². The van der Waals surface area contributed by atoms with Crippen LogP contribution in [0.15, 0.2) is 77.7 Å². The van der Waals surface area contributed by atoms with Crippen LogP contribution in [0.5, 0.6) is 0 Å². The maximum absolute atomic E-state index is 12.9. The molecule has 0 unspecified atom stereocenters. The second-order valence-electron chi connectivity index (χ2n) is 5.69. The van der Waals surface area contributed by atoms with Crippen molar-refractivity contribution in [3.05, 3.63) is 100 Å². The Labute approximate surface area is 144 Å². The van der Waals surface area contributed by atoms with Gasteiger partial charge >= 0.3 is 0 Å². The molecular formula is C20H17FN2O2. The van der Waals surface area contributed by atoms with E-state index in [0.29, 0.717) is 12.1 Å². The molecule has 126 valence electrons. The van der Waals surface area contributed by atoms with Gasteiger partial charge in [0.15, 0.2) is 0 Å². The predicted molar refractivity (Wildman–Crippen MR) is 95.0 cm³/mol. The number of carbonyl (C=O) groups is 1. The Morgan fingerprint density at radius 1 is 0.920 bits per heavy atom. The number of carbonyl (C=O) groups excluding carboxylic acids is 1. The standard InChI is InChI=1S/C20H17FN2O2/c21-17-10-8-15(9-11-17)13-19(24)22-18-7-4-12-23(20(18)25)14-16-5-2-1-3-6-16/h1-12H,13-14H2,(H,22,24). The minimum atomic E-state index is -0.351. The Kier molecular flexibility index (Phi) is 5.04. The van der Waals surface area contributed by atoms with Crippen LogP contribution >= 0.6 is 0 Å². The molecular weight excluding hydrogens is 319 g/mol. The van der Waals surface area contributed by atoms with E-state index in [1.54, 1.807) is 35.0 Å². The van der Waals surface area contributed by atoms with E-state index in [1.807, 2.05) is 30.3 Å². The molecule has 0 aliphatic carbocycles. The third-order valence-electron chi connectivity index (χ3n) is 3.77. The molecule has 4 nitrogen and oxygen atoms in total. The van der Waals surface area contributed by atoms with Crippen LogP contribution < -0.4 is 10.9 Å². The summed E-state index contributed by atoms with van der Waals surface area (Å²) in [7, 11) is 0. The largest absolute Gasteiger partial charge is 0.321 e. The number of aromatic nitrogens is 1. The lowest BCUT2D eigenvalue weighted by atomic mass is 10.1. The zero-order valence-corrected chi connectivity index (χ0v) is 13.5. The van der Waals surface area contributed by atoms with Crippen molar-refractivity contribution in [2.45, 2.75) is 13.0 Å². The molecule has 0 atom stereocenters. The maximum Gasteiger partial charge on any atom is 0.274 e. The zero-order valence-electron chi connectivity index (χ0n) is 13.5. The van der Waals surface area contributed by atoms with E-state index in [4.69, 9.17) is 0 Å². The monoisotopic (exact) mass is 336 g/mol. The highest BCUT2D eigenvalue weighted by Crippen LogP contribution is 2.07. The van der Waals surface area contributed by atoms with Gasteiger partial charge in [-0.15, -0.1) is 0 Å². The Balaban J connectivity index is 1.72. The smallest absolute Gasteiger partial charge is 0.274 e. The lowest BCUT2D eigenvalue weighted by Gasteiger charge is -2.09. The summed E-state index contributed by atoms with van der Waals surface area (Å²) in [5, 5.41) is 2.63. The van der Waals surface area contributed by atoms with E-state index in [9.17, 15) is 14.0 Å². The van der Waals surface area contributed by atoms with Gasteiger partial charge in [-0.25, -0.2) is 4.39 Å². The molecule has 0 bridgehead atoms. The predicted octanol–water partition coefficient (Wildman–Crippen LogP) is 3.22. The van der Waals surface area contributed by atoms with Crippen LogP contribution in [0.4, 0.5) is 10.1 Å². The van der Waals surface area contributed by atoms with Gasteiger partial charge in [0.1, 0.15) is 11.5 Å². The Morgan fingerprint density at radius 2 is 1.64 bits per heavy atom. The van der Waals surface area contributed by atoms with E-state index in [-0.39, 0.29) is 29.4 Å². The molecule has 0 fully saturated rings. The van der Waals surface area contributed by atoms with Gasteiger partial charge in [0.05, 0.1) is 13.0 Å². The van der Waals surface area contributed by atoms with Crippen molar-refractivity contribution < 1.29 is 9.18 Å². The topological polar surface area (TPSA) is 51.1 Å². The highest BCUT2D eigenvalue weighted by Gasteiger charge is 2.09. The highest BCUT2D eigenvalue weighted by molar-refractivity contribution is 5.92. The summed E-state index contributed by atoms with van der Waals surface area (Å²) in [6.45, 7) is 0.432. The molecule has 0 aliphatic heterocycles. The number of hydrogen-bond acceptors (Lipinski definition) is 2. The fourth-order valence-electron chi connectivity index (χ4n) is 2.52. The quantitative estimate of drug-likeness (QED) is 0.778. The maximum atomic E-state index is 12.9. The second-order valence-corrected chi connectivity index (χ2v) is 5.69. The number of anilines is 1. The first-order valence-corrected chi connectivity index (χ1v) is 7.89. The van der Waals surface area contributed by atoms with E-state index in [2.05, 4.69) is 5.32 Å². The molecule has 3 aromatic rings. The van der Waals surface area contributed by atoms with Crippen LogP contribution in [0.25, 0.3) is 0 Å². The summed E-state index contributed by atoms with van der Waals surface area (Å²) in [6, 6.07) is 18.6. The fraction of sp³-hybridized carbons (Fsp3) is 0.100. The number of nitrogens with zero attached hydrogens (tertiary/aromatic N) is 1. The average molecular weight is 336 g/mol. The Bertz CT molecular complexity index is 918. The summed E-state index contributed by atoms with van der Waals surface area (Å²) in [6.07, 6.45) is 1.76. The molecule has 1 N–H and O–H groups in total. The van der Waals surface area contributed by atoms with Gasteiger partial charge in [-0.05, 0) is 35.4 Å². The van der Waals surface area contributed by atoms with Gasteiger partial charge in [-0.1, -0.05) is 42.5 Å². The SMILES string of the molecule is O=C(Cc1ccc(F)cc1)Nc1cccn(Cc2ccccc2)c1=O. The molecule has 25 heavy (non-hydrogen) atoms. The minimum Gasteiger partial charge on any atom is -0.321 e. The molecule has 0 saturated heterocycles. The summed E-state index contributed by atoms with van der Waals surface area (Å²) < 4.78 is 14.4. The molecule has 1 heterocycles. The molecule has 3 rings (SSSR count). The summed E-state index contributed by atoms with van der Waals surface area (Å²) in [4.78, 5) is 24.6. The molecule has 0 aliphatic rings. The van der Waals surface area contributed by atoms with Crippen LogP contribution in [-0.2, 0) is 17.8 Å². The first-order chi connectivity index (χ1) is 12.1. The van der Waals surface area contributed by atoms with Crippen molar-refractivity contribution in [2.24, 2.45) is 0 Å². The normalized spacial score (nSPS) is 10.4. The first-order valence-electron chi connectivity index (χ1n) is 7.89. The highest BCUT2D eigenvalue weighted by atomic mass is 19.1. The Hall–Kier alpha value is -3.21. The van der Waals surface area contributed by atoms with Crippen molar-refractivity contribution in [2.75, 3.05) is 5.32 Å². The van der Waals surface area contributed by atoms with Crippen molar-refractivity contribution in [3.63, 3.8) is 0 Å². The third-order valence-corrected chi connectivity index (χ3v) is 3.77. The van der Waals surface area contributed by atoms with Gasteiger partial charge in [-0.2, -0.15) is 0 Å². The molecule has 2 aromatic carbocycles. The van der Waals surface area contributed by atoms with E-state index in [0.717, 1.165) is 5.56 Å². The molecule has 0 saturated carbocycles. The van der Waals surface area contributed by atoms with Crippen LogP contribution in [-0.4, -0.2) is 10.5 Å². The second kappa shape index (κ2) is 7.57. The minimum absolute atomic E-state index is 0.0767. The van der Waals surface area contributed by atoms with Crippen LogP contribution in [0.1, 0.15) is 11.1 Å². The van der Waals surface area contributed by atoms with Gasteiger partial charge in [0, 0.05) is 6.20 Å². The van der Waals surface area contributed by atoms with E-state index >= 15 is 0 Å². The number of pyridine rings is 1. The Morgan fingerprint density at radius 3 is 2.36 bits per heavy atom. The van der Waals surface area contributed by atoms with Gasteiger partial charge in [-0.3, -0.25) is 9.59 Å². The lowest BCUT2D eigenvalue weighted by Crippen LogP contribution is -2.26. The van der Waals surface area contributed by atoms with E-state index < -0.39 is 0 Å². The lowest BCUT2D eigenvalue weighted by molar-refractivity contribution is -0.115. The zero-order chi connectivity index (χ0) is 17.6. The molecule has 0 radical (unpaired) electrons. The fourth-order valence-corrected chi connectivity index (χ4v) is 2.52. The number of amides is 1. The molecule has 1 aromatic heterocycles. The molecule has 0 spiro atoms. The van der Waals surface area contributed by atoms with Crippen molar-refractivity contribution in [3.8, 4) is 0 Å². The summed E-state index contributed by atoms with van der Waals surface area (Å²) in [5.41, 5.74) is 1.64. The van der Waals surface area contributed by atoms with Crippen molar-refractivity contribution in [1.82, 2.24) is 4.57 Å². The van der Waals surface area contributed by atoms with Gasteiger partial charge in [0.25, 0.3) is 5.56 Å². The number of hydrogen-bond donors (Lipinski definition) is 1. The first kappa shape index (κ1) is 16.6. The molecule has 1 amide bonds. The number of rotatable bonds is 5. The third kappa shape index (κ3) is 4.41. The van der Waals surface area contributed by atoms with Crippen molar-refractivity contribution in [1.29, 1.82) is 0 Å². The van der Waals surface area contributed by atoms with Gasteiger partial charge < -0.3 is 9.88 Å². The summed E-state index contributed by atoms with van der Waals surface area (Å²) in [5.74, 6) is -0.669. The number of halogens is 1. The van der Waals surface area contributed by atoms with E-state index in [1.165, 1.54) is 12.1 Å². The number of benzene rings is 2. The number of nitrogens with one attached hydrogen (secondary N) is 1. The van der Waals surface area contributed by atoms with Crippen LogP contribution in [0.2, 0.25) is 0 Å². The van der Waals surface area contributed by atoms with Crippen LogP contribution in [0.3, 0.4) is 0 Å². The van der Waals surface area contributed by atoms with Gasteiger partial charge in [0.2, 0.25) is 5.91 Å².